The zero-order valence-electron chi connectivity index (χ0n) is 4.59. The molecule has 0 radical (unpaired) electrons. The van der Waals surface area contributed by atoms with E-state index in [0.29, 0.717) is 6.54 Å². The summed E-state index contributed by atoms with van der Waals surface area (Å²) in [5.74, 6) is 0. The van der Waals surface area contributed by atoms with Crippen LogP contribution in [0.4, 0.5) is 0 Å². The fourth-order valence-electron chi connectivity index (χ4n) is 0.581. The number of aromatic amines is 1. The van der Waals surface area contributed by atoms with E-state index in [-0.39, 0.29) is 0 Å². The van der Waals surface area contributed by atoms with E-state index in [1.165, 1.54) is 5.56 Å². The van der Waals surface area contributed by atoms with Gasteiger partial charge in [-0.05, 0) is 18.5 Å². The van der Waals surface area contributed by atoms with Crippen molar-refractivity contribution in [2.75, 3.05) is 6.54 Å². The van der Waals surface area contributed by atoms with Gasteiger partial charge < -0.3 is 5.73 Å². The molecule has 1 aromatic rings. The summed E-state index contributed by atoms with van der Waals surface area (Å²) >= 11 is 0. The number of rotatable bonds is 2. The summed E-state index contributed by atoms with van der Waals surface area (Å²) in [6, 6.07) is 0. The molecular formula is C5H9N3. The van der Waals surface area contributed by atoms with Gasteiger partial charge in [-0.2, -0.15) is 5.10 Å². The van der Waals surface area contributed by atoms with Crippen LogP contribution in [0.1, 0.15) is 5.56 Å². The molecule has 44 valence electrons. The van der Waals surface area contributed by atoms with E-state index in [1.54, 1.807) is 6.20 Å². The highest BCUT2D eigenvalue weighted by atomic mass is 15.1. The van der Waals surface area contributed by atoms with Gasteiger partial charge in [0.1, 0.15) is 0 Å². The molecule has 3 N–H and O–H groups in total. The predicted octanol–water partition coefficient (Wildman–Crippen LogP) is -0.0891. The molecule has 0 saturated carbocycles. The van der Waals surface area contributed by atoms with Crippen LogP contribution in [0.15, 0.2) is 12.4 Å². The molecule has 0 bridgehead atoms. The topological polar surface area (TPSA) is 54.7 Å². The molecule has 0 atom stereocenters. The minimum absolute atomic E-state index is 0.694. The van der Waals surface area contributed by atoms with Crippen molar-refractivity contribution in [1.29, 1.82) is 0 Å². The third-order valence-corrected chi connectivity index (χ3v) is 0.988. The normalized spacial score (nSPS) is 9.62. The molecule has 1 rings (SSSR count). The van der Waals surface area contributed by atoms with Gasteiger partial charge in [0.2, 0.25) is 0 Å². The molecule has 0 aliphatic heterocycles. The van der Waals surface area contributed by atoms with E-state index in [1.807, 2.05) is 6.20 Å². The highest BCUT2D eigenvalue weighted by Crippen LogP contribution is 1.91. The molecule has 3 nitrogen and oxygen atoms in total. The van der Waals surface area contributed by atoms with Crippen LogP contribution in [0.2, 0.25) is 0 Å². The Morgan fingerprint density at radius 1 is 1.75 bits per heavy atom. The molecule has 0 aromatic carbocycles. The molecule has 1 aromatic heterocycles. The Kier molecular flexibility index (Phi) is 1.64. The smallest absolute Gasteiger partial charge is 0.0519 e. The maximum atomic E-state index is 5.28. The van der Waals surface area contributed by atoms with Crippen molar-refractivity contribution in [1.82, 2.24) is 10.2 Å². The van der Waals surface area contributed by atoms with E-state index >= 15 is 0 Å². The van der Waals surface area contributed by atoms with Crippen molar-refractivity contribution in [3.63, 3.8) is 0 Å². The Bertz CT molecular complexity index is 133. The zero-order chi connectivity index (χ0) is 5.82. The largest absolute Gasteiger partial charge is 0.330 e. The average Bonchev–Trinajstić information content (AvgIpc) is 2.19. The van der Waals surface area contributed by atoms with Crippen molar-refractivity contribution >= 4 is 0 Å². The molecule has 1 heterocycles. The van der Waals surface area contributed by atoms with Gasteiger partial charge in [-0.15, -0.1) is 0 Å². The summed E-state index contributed by atoms with van der Waals surface area (Å²) in [6.07, 6.45) is 4.55. The molecule has 0 aliphatic rings. The first-order chi connectivity index (χ1) is 3.93. The van der Waals surface area contributed by atoms with Crippen LogP contribution in [0.25, 0.3) is 0 Å². The number of nitrogens with one attached hydrogen (secondary N) is 1. The van der Waals surface area contributed by atoms with Crippen LogP contribution in [-0.2, 0) is 6.42 Å². The highest BCUT2D eigenvalue weighted by Gasteiger charge is 1.87. The Balaban J connectivity index is 2.50. The van der Waals surface area contributed by atoms with Crippen LogP contribution in [0.3, 0.4) is 0 Å². The van der Waals surface area contributed by atoms with E-state index in [0.717, 1.165) is 6.42 Å². The fourth-order valence-corrected chi connectivity index (χ4v) is 0.581. The SMILES string of the molecule is NCCc1cn[nH]c1. The molecular weight excluding hydrogens is 102 g/mol. The van der Waals surface area contributed by atoms with Gasteiger partial charge in [-0.25, -0.2) is 0 Å². The lowest BCUT2D eigenvalue weighted by atomic mass is 10.3. The van der Waals surface area contributed by atoms with Crippen LogP contribution >= 0.6 is 0 Å². The minimum atomic E-state index is 0.694. The van der Waals surface area contributed by atoms with Gasteiger partial charge in [0.05, 0.1) is 6.20 Å². The molecule has 3 heteroatoms. The monoisotopic (exact) mass is 111 g/mol. The van der Waals surface area contributed by atoms with E-state index in [2.05, 4.69) is 10.2 Å². The van der Waals surface area contributed by atoms with E-state index in [4.69, 9.17) is 5.73 Å². The van der Waals surface area contributed by atoms with Crippen LogP contribution in [0, 0.1) is 0 Å². The number of nitrogens with two attached hydrogens (primary N) is 1. The number of aromatic nitrogens is 2. The molecule has 0 aliphatic carbocycles. The van der Waals surface area contributed by atoms with Gasteiger partial charge in [0, 0.05) is 6.20 Å². The Labute approximate surface area is 47.9 Å². The second-order valence-corrected chi connectivity index (χ2v) is 1.65. The molecule has 0 amide bonds. The third-order valence-electron chi connectivity index (χ3n) is 0.988. The van der Waals surface area contributed by atoms with Gasteiger partial charge >= 0.3 is 0 Å². The quantitative estimate of drug-likeness (QED) is 0.560. The zero-order valence-corrected chi connectivity index (χ0v) is 4.59. The summed E-state index contributed by atoms with van der Waals surface area (Å²) in [5, 5.41) is 6.47. The van der Waals surface area contributed by atoms with Crippen molar-refractivity contribution in [2.24, 2.45) is 5.73 Å². The van der Waals surface area contributed by atoms with Crippen molar-refractivity contribution in [3.8, 4) is 0 Å². The van der Waals surface area contributed by atoms with Gasteiger partial charge in [-0.1, -0.05) is 0 Å². The fraction of sp³-hybridized carbons (Fsp3) is 0.400. The number of H-pyrrole nitrogens is 1. The number of hydrogen-bond donors (Lipinski definition) is 2. The molecule has 8 heavy (non-hydrogen) atoms. The summed E-state index contributed by atoms with van der Waals surface area (Å²) in [5.41, 5.74) is 6.45. The van der Waals surface area contributed by atoms with Crippen molar-refractivity contribution in [3.05, 3.63) is 18.0 Å². The van der Waals surface area contributed by atoms with Gasteiger partial charge in [0.25, 0.3) is 0 Å². The standard InChI is InChI=1S/C5H9N3/c6-2-1-5-3-7-8-4-5/h3-4H,1-2,6H2,(H,7,8). The Morgan fingerprint density at radius 2 is 2.62 bits per heavy atom. The van der Waals surface area contributed by atoms with E-state index in [9.17, 15) is 0 Å². The number of nitrogens with zero attached hydrogens (tertiary/aromatic N) is 1. The lowest BCUT2D eigenvalue weighted by Gasteiger charge is -1.85. The minimum Gasteiger partial charge on any atom is -0.330 e. The van der Waals surface area contributed by atoms with E-state index < -0.39 is 0 Å². The maximum Gasteiger partial charge on any atom is 0.0519 e. The Morgan fingerprint density at radius 3 is 3.12 bits per heavy atom. The second kappa shape index (κ2) is 2.47. The first kappa shape index (κ1) is 5.31. The predicted molar refractivity (Wildman–Crippen MR) is 31.3 cm³/mol. The summed E-state index contributed by atoms with van der Waals surface area (Å²) < 4.78 is 0. The van der Waals surface area contributed by atoms with Gasteiger partial charge in [0.15, 0.2) is 0 Å². The lowest BCUT2D eigenvalue weighted by Crippen LogP contribution is -2.01. The van der Waals surface area contributed by atoms with Crippen LogP contribution < -0.4 is 5.73 Å². The van der Waals surface area contributed by atoms with Crippen LogP contribution in [0.5, 0.6) is 0 Å². The van der Waals surface area contributed by atoms with Crippen LogP contribution in [-0.4, -0.2) is 16.7 Å². The van der Waals surface area contributed by atoms with Gasteiger partial charge in [-0.3, -0.25) is 5.10 Å². The molecule has 0 unspecified atom stereocenters. The summed E-state index contributed by atoms with van der Waals surface area (Å²) in [7, 11) is 0. The summed E-state index contributed by atoms with van der Waals surface area (Å²) in [4.78, 5) is 0. The number of hydrogen-bond acceptors (Lipinski definition) is 2. The first-order valence-corrected chi connectivity index (χ1v) is 2.61. The lowest BCUT2D eigenvalue weighted by molar-refractivity contribution is 0.970. The average molecular weight is 111 g/mol. The van der Waals surface area contributed by atoms with Crippen molar-refractivity contribution in [2.45, 2.75) is 6.42 Å². The maximum absolute atomic E-state index is 5.28. The molecule has 0 spiro atoms. The molecule has 0 saturated heterocycles. The Hall–Kier alpha value is -0.830. The summed E-state index contributed by atoms with van der Waals surface area (Å²) in [6.45, 7) is 0.694. The van der Waals surface area contributed by atoms with Crippen molar-refractivity contribution < 1.29 is 0 Å². The molecule has 0 fully saturated rings. The first-order valence-electron chi connectivity index (χ1n) is 2.61. The highest BCUT2D eigenvalue weighted by molar-refractivity contribution is 5.02. The second-order valence-electron chi connectivity index (χ2n) is 1.65. The third kappa shape index (κ3) is 1.07.